The van der Waals surface area contributed by atoms with E-state index in [0.29, 0.717) is 128 Å². The minimum absolute atomic E-state index is 0.0278. The molecule has 0 aliphatic heterocycles. The summed E-state index contributed by atoms with van der Waals surface area (Å²) in [7, 11) is 0. The molecule has 0 fully saturated rings. The molecule has 2 heterocycles. The Morgan fingerprint density at radius 3 is 1.42 bits per heavy atom. The number of rotatable bonds is 33. The average Bonchev–Trinajstić information content (AvgIpc) is 0.866. The molecule has 0 radical (unpaired) electrons. The molecule has 7 aromatic rings. The Labute approximate surface area is 552 Å². The van der Waals surface area contributed by atoms with Crippen LogP contribution in [0.15, 0.2) is 146 Å². The maximum absolute atomic E-state index is 13.7. The molecule has 95 heavy (non-hydrogen) atoms. The third-order valence-corrected chi connectivity index (χ3v) is 14.7. The zero-order valence-corrected chi connectivity index (χ0v) is 54.9. The van der Waals surface area contributed by atoms with Gasteiger partial charge in [-0.3, -0.25) is 29.1 Å². The van der Waals surface area contributed by atoms with Gasteiger partial charge in [0.2, 0.25) is 0 Å². The monoisotopic (exact) mass is 1320 g/mol. The van der Waals surface area contributed by atoms with E-state index < -0.39 is 40.9 Å². The van der Waals surface area contributed by atoms with Crippen molar-refractivity contribution in [1.29, 1.82) is 0 Å². The maximum atomic E-state index is 13.7. The van der Waals surface area contributed by atoms with Gasteiger partial charge in [0, 0.05) is 116 Å². The number of anilines is 4. The molecule has 0 atom stereocenters. The zero-order valence-electron chi connectivity index (χ0n) is 54.9. The average molecular weight is 1320 g/mol. The van der Waals surface area contributed by atoms with Crippen molar-refractivity contribution in [2.75, 3.05) is 99.9 Å². The molecule has 0 spiro atoms. The summed E-state index contributed by atoms with van der Waals surface area (Å²) >= 11 is 0. The second kappa shape index (κ2) is 37.3. The number of benzene rings is 5. The lowest BCUT2D eigenvalue weighted by Crippen LogP contribution is -2.23. The number of halogens is 6. The first kappa shape index (κ1) is 75.1. The van der Waals surface area contributed by atoms with Crippen LogP contribution >= 0.6 is 0 Å². The predicted octanol–water partition coefficient (Wildman–Crippen LogP) is 14.0. The molecule has 0 saturated heterocycles. The van der Waals surface area contributed by atoms with Crippen LogP contribution in [0, 0.1) is 0 Å². The van der Waals surface area contributed by atoms with Crippen LogP contribution in [0.4, 0.5) is 49.1 Å². The molecule has 510 valence electrons. The lowest BCUT2D eigenvalue weighted by Gasteiger charge is -2.23. The molecule has 7 rings (SSSR count). The Bertz CT molecular complexity index is 3590. The van der Waals surface area contributed by atoms with Gasteiger partial charge in [0.1, 0.15) is 5.60 Å². The number of amides is 3. The lowest BCUT2D eigenvalue weighted by atomic mass is 10.0. The highest BCUT2D eigenvalue weighted by Crippen LogP contribution is 2.35. The van der Waals surface area contributed by atoms with Gasteiger partial charge in [-0.2, -0.15) is 26.3 Å². The Kier molecular flexibility index (Phi) is 29.5. The van der Waals surface area contributed by atoms with Crippen LogP contribution in [0.2, 0.25) is 0 Å². The number of carbonyl (C=O) groups is 4. The number of nitrogen functional groups attached to an aromatic ring is 1. The Morgan fingerprint density at radius 1 is 0.484 bits per heavy atom. The van der Waals surface area contributed by atoms with E-state index in [2.05, 4.69) is 49.6 Å². The SMILES string of the molecule is CCN(CC)c1ccc(N)c(-c2cc(C(=O)NCc3cccc(C(F)(F)F)c3)ccn2)c1.CCN(CC)c1ccc(NC(=O)c2cccc(CCCOCCOCCOCCOCCCC(=O)OC(C)(C)C)c2)c(-c2cc(C(=O)NCc3cccc(C(F)(F)F)c3)ccn2)c1. The molecule has 2 aromatic heterocycles. The summed E-state index contributed by atoms with van der Waals surface area (Å²) in [5, 5.41) is 8.40. The molecule has 17 nitrogen and oxygen atoms in total. The van der Waals surface area contributed by atoms with E-state index in [4.69, 9.17) is 29.4 Å². The fourth-order valence-electron chi connectivity index (χ4n) is 9.83. The summed E-state index contributed by atoms with van der Waals surface area (Å²) in [6, 6.07) is 34.8. The molecular formula is C72H86F6N8O9. The van der Waals surface area contributed by atoms with Crippen LogP contribution in [0.3, 0.4) is 0 Å². The number of alkyl halides is 6. The first-order chi connectivity index (χ1) is 45.4. The van der Waals surface area contributed by atoms with Crippen molar-refractivity contribution in [3.8, 4) is 22.5 Å². The smallest absolute Gasteiger partial charge is 0.416 e. The van der Waals surface area contributed by atoms with Crippen molar-refractivity contribution in [2.24, 2.45) is 0 Å². The lowest BCUT2D eigenvalue weighted by molar-refractivity contribution is -0.155. The number of aryl methyl sites for hydroxylation is 1. The summed E-state index contributed by atoms with van der Waals surface area (Å²) in [6.45, 7) is 20.4. The minimum Gasteiger partial charge on any atom is -0.460 e. The Hall–Kier alpha value is -8.90. The normalized spacial score (nSPS) is 11.5. The van der Waals surface area contributed by atoms with E-state index in [1.165, 1.54) is 42.7 Å². The van der Waals surface area contributed by atoms with E-state index in [0.717, 1.165) is 73.8 Å². The number of carbonyl (C=O) groups excluding carboxylic acids is 4. The number of pyridine rings is 2. The van der Waals surface area contributed by atoms with Crippen molar-refractivity contribution < 1.29 is 69.2 Å². The van der Waals surface area contributed by atoms with Gasteiger partial charge in [-0.15, -0.1) is 0 Å². The molecule has 5 aromatic carbocycles. The minimum atomic E-state index is -4.49. The number of ether oxygens (including phenoxy) is 5. The highest BCUT2D eigenvalue weighted by atomic mass is 19.4. The standard InChI is InChI=1S/C48H61F3N4O8.C24H25F3N4O/c1-6-55(7-2)40-18-19-42(41(33-40)43-32-38(20-21-52-43)45(57)53-34-36-13-9-16-39(31-36)48(49,50)51)54-46(58)37-15-8-12-35(30-37)14-10-22-59-24-26-61-28-29-62-27-25-60-23-11-17-44(56)63-47(3,4)5;1-3-31(4-2)19-8-9-21(28)20(14-19)22-13-17(10-11-29-22)23(32)30-15-16-6-5-7-18(12-16)24(25,26)27/h8-9,12-13,15-16,18-21,30-33H,6-7,10-11,14,17,22-29,34H2,1-5H3,(H,53,57)(H,54,58);5-14H,3-4,15,28H2,1-2H3,(H,30,32). The first-order valence-electron chi connectivity index (χ1n) is 31.7. The van der Waals surface area contributed by atoms with Gasteiger partial charge >= 0.3 is 18.3 Å². The number of hydrogen-bond donors (Lipinski definition) is 4. The summed E-state index contributed by atoms with van der Waals surface area (Å²) < 4.78 is 106. The number of nitrogens with two attached hydrogens (primary N) is 1. The largest absolute Gasteiger partial charge is 0.460 e. The van der Waals surface area contributed by atoms with Gasteiger partial charge in [-0.25, -0.2) is 0 Å². The second-order valence-electron chi connectivity index (χ2n) is 22.9. The fraction of sp³-hybridized carbons (Fsp3) is 0.389. The zero-order chi connectivity index (χ0) is 69.0. The van der Waals surface area contributed by atoms with Crippen LogP contribution in [0.5, 0.6) is 0 Å². The van der Waals surface area contributed by atoms with Gasteiger partial charge < -0.3 is 55.2 Å². The molecule has 0 unspecified atom stereocenters. The summed E-state index contributed by atoms with van der Waals surface area (Å²) in [6.07, 6.45) is -3.55. The fourth-order valence-corrected chi connectivity index (χ4v) is 9.83. The summed E-state index contributed by atoms with van der Waals surface area (Å²) in [5.41, 5.74) is 12.1. The molecule has 23 heteroatoms. The van der Waals surface area contributed by atoms with Crippen molar-refractivity contribution in [3.05, 3.63) is 190 Å². The highest BCUT2D eigenvalue weighted by Gasteiger charge is 2.31. The van der Waals surface area contributed by atoms with Gasteiger partial charge in [-0.1, -0.05) is 36.4 Å². The summed E-state index contributed by atoms with van der Waals surface area (Å²) in [5.74, 6) is -1.44. The third kappa shape index (κ3) is 25.1. The Balaban J connectivity index is 0.000000372. The van der Waals surface area contributed by atoms with Crippen molar-refractivity contribution in [3.63, 3.8) is 0 Å². The number of nitrogens with zero attached hydrogens (tertiary/aromatic N) is 4. The number of aromatic nitrogens is 2. The van der Waals surface area contributed by atoms with E-state index in [9.17, 15) is 45.5 Å². The molecule has 5 N–H and O–H groups in total. The van der Waals surface area contributed by atoms with Gasteiger partial charge in [0.15, 0.2) is 0 Å². The molecule has 0 saturated carbocycles. The maximum Gasteiger partial charge on any atom is 0.416 e. The van der Waals surface area contributed by atoms with E-state index in [1.807, 2.05) is 89.2 Å². The van der Waals surface area contributed by atoms with E-state index in [-0.39, 0.29) is 30.5 Å². The van der Waals surface area contributed by atoms with Crippen molar-refractivity contribution in [2.45, 2.75) is 105 Å². The molecular weight excluding hydrogens is 1230 g/mol. The van der Waals surface area contributed by atoms with E-state index in [1.54, 1.807) is 24.3 Å². The van der Waals surface area contributed by atoms with Crippen LogP contribution in [-0.2, 0) is 60.3 Å². The van der Waals surface area contributed by atoms with Crippen molar-refractivity contribution >= 4 is 46.4 Å². The van der Waals surface area contributed by atoms with E-state index >= 15 is 0 Å². The Morgan fingerprint density at radius 2 is 0.926 bits per heavy atom. The van der Waals surface area contributed by atoms with Crippen LogP contribution in [-0.4, -0.2) is 118 Å². The topological polar surface area (TPSA) is 209 Å². The molecule has 0 aliphatic carbocycles. The number of hydrogen-bond acceptors (Lipinski definition) is 14. The van der Waals surface area contributed by atoms with Crippen LogP contribution in [0.25, 0.3) is 22.5 Å². The summed E-state index contributed by atoms with van der Waals surface area (Å²) in [4.78, 5) is 64.5. The highest BCUT2D eigenvalue weighted by molar-refractivity contribution is 6.07. The second-order valence-corrected chi connectivity index (χ2v) is 22.9. The third-order valence-electron chi connectivity index (χ3n) is 14.7. The van der Waals surface area contributed by atoms with Crippen LogP contribution in [0.1, 0.15) is 127 Å². The molecule has 0 aliphatic rings. The quantitative estimate of drug-likeness (QED) is 0.0131. The molecule has 3 amide bonds. The number of nitrogens with one attached hydrogen (secondary N) is 3. The van der Waals surface area contributed by atoms with Crippen LogP contribution < -0.4 is 31.5 Å². The molecule has 0 bridgehead atoms. The first-order valence-corrected chi connectivity index (χ1v) is 31.7. The van der Waals surface area contributed by atoms with Crippen molar-refractivity contribution in [1.82, 2.24) is 20.6 Å². The van der Waals surface area contributed by atoms with Gasteiger partial charge in [0.25, 0.3) is 17.7 Å². The number of esters is 1. The predicted molar refractivity (Wildman–Crippen MR) is 357 cm³/mol. The van der Waals surface area contributed by atoms with Gasteiger partial charge in [-0.05, 0) is 181 Å². The van der Waals surface area contributed by atoms with Gasteiger partial charge in [0.05, 0.1) is 67.8 Å².